The van der Waals surface area contributed by atoms with Gasteiger partial charge >= 0.3 is 97.8 Å². The van der Waals surface area contributed by atoms with Crippen molar-refractivity contribution in [1.29, 1.82) is 0 Å². The van der Waals surface area contributed by atoms with Crippen LogP contribution in [0.5, 0.6) is 0 Å². The summed E-state index contributed by atoms with van der Waals surface area (Å²) in [7, 11) is 0. The van der Waals surface area contributed by atoms with E-state index in [1.165, 1.54) is 0 Å². The Morgan fingerprint density at radius 3 is 2.62 bits per heavy atom. The summed E-state index contributed by atoms with van der Waals surface area (Å²) in [4.78, 5) is 16.3. The van der Waals surface area contributed by atoms with Gasteiger partial charge in [-0.05, 0) is 0 Å². The van der Waals surface area contributed by atoms with Crippen LogP contribution >= 0.6 is 0 Å². The SMILES string of the molecule is O=c1c2cccnc2[se]n1-c1ccccc1. The number of fused-ring (bicyclic) bond motifs is 1. The van der Waals surface area contributed by atoms with E-state index in [0.717, 1.165) is 15.5 Å². The van der Waals surface area contributed by atoms with Crippen molar-refractivity contribution < 1.29 is 0 Å². The number of rotatable bonds is 1. The van der Waals surface area contributed by atoms with E-state index in [2.05, 4.69) is 4.98 Å². The average molecular weight is 275 g/mol. The Hall–Kier alpha value is -1.64. The number of para-hydroxylation sites is 1. The predicted molar refractivity (Wildman–Crippen MR) is 64.3 cm³/mol. The Kier molecular flexibility index (Phi) is 2.24. The summed E-state index contributed by atoms with van der Waals surface area (Å²) in [6.07, 6.45) is 1.74. The Morgan fingerprint density at radius 1 is 1.06 bits per heavy atom. The topological polar surface area (TPSA) is 34.9 Å². The van der Waals surface area contributed by atoms with Gasteiger partial charge in [0.15, 0.2) is 0 Å². The second kappa shape index (κ2) is 3.74. The van der Waals surface area contributed by atoms with Crippen LogP contribution in [0.3, 0.4) is 0 Å². The van der Waals surface area contributed by atoms with Gasteiger partial charge in [0, 0.05) is 0 Å². The normalized spacial score (nSPS) is 10.8. The van der Waals surface area contributed by atoms with E-state index in [9.17, 15) is 4.79 Å². The zero-order valence-corrected chi connectivity index (χ0v) is 10.0. The van der Waals surface area contributed by atoms with Gasteiger partial charge in [0.2, 0.25) is 0 Å². The maximum absolute atomic E-state index is 12.1. The van der Waals surface area contributed by atoms with Gasteiger partial charge in [-0.2, -0.15) is 0 Å². The van der Waals surface area contributed by atoms with Crippen LogP contribution < -0.4 is 5.56 Å². The summed E-state index contributed by atoms with van der Waals surface area (Å²) in [6, 6.07) is 13.4. The zero-order chi connectivity index (χ0) is 11.0. The first-order valence-electron chi connectivity index (χ1n) is 4.89. The van der Waals surface area contributed by atoms with E-state index >= 15 is 0 Å². The summed E-state index contributed by atoms with van der Waals surface area (Å²) < 4.78 is 2.73. The molecule has 0 unspecified atom stereocenters. The van der Waals surface area contributed by atoms with Crippen molar-refractivity contribution in [1.82, 2.24) is 8.55 Å². The van der Waals surface area contributed by atoms with Gasteiger partial charge in [0.1, 0.15) is 0 Å². The molecule has 3 rings (SSSR count). The first kappa shape index (κ1) is 9.58. The molecule has 1 aromatic carbocycles. The van der Waals surface area contributed by atoms with Gasteiger partial charge in [0.25, 0.3) is 0 Å². The molecule has 2 heterocycles. The monoisotopic (exact) mass is 276 g/mol. The molecule has 16 heavy (non-hydrogen) atoms. The Bertz CT molecular complexity index is 685. The van der Waals surface area contributed by atoms with Crippen LogP contribution in [-0.4, -0.2) is 23.3 Å². The van der Waals surface area contributed by atoms with Crippen molar-refractivity contribution in [3.63, 3.8) is 0 Å². The van der Waals surface area contributed by atoms with Crippen LogP contribution in [0.2, 0.25) is 0 Å². The van der Waals surface area contributed by atoms with Crippen LogP contribution in [0.25, 0.3) is 15.5 Å². The third-order valence-electron chi connectivity index (χ3n) is 2.35. The summed E-state index contributed by atoms with van der Waals surface area (Å²) >= 11 is -0.0327. The zero-order valence-electron chi connectivity index (χ0n) is 8.33. The first-order chi connectivity index (χ1) is 7.86. The van der Waals surface area contributed by atoms with Crippen molar-refractivity contribution in [2.24, 2.45) is 0 Å². The summed E-state index contributed by atoms with van der Waals surface area (Å²) in [5, 5.41) is 0.742. The molecule has 0 aliphatic heterocycles. The second-order valence-corrected chi connectivity index (χ2v) is 5.34. The summed E-state index contributed by atoms with van der Waals surface area (Å²) in [6.45, 7) is 0. The molecule has 0 atom stereocenters. The Labute approximate surface area is 98.0 Å². The number of hydrogen-bond acceptors (Lipinski definition) is 2. The van der Waals surface area contributed by atoms with E-state index in [0.29, 0.717) is 0 Å². The third-order valence-corrected chi connectivity index (χ3v) is 4.57. The summed E-state index contributed by atoms with van der Waals surface area (Å²) in [5.74, 6) is 0. The van der Waals surface area contributed by atoms with Gasteiger partial charge in [-0.25, -0.2) is 0 Å². The molecule has 0 radical (unpaired) electrons. The number of benzene rings is 1. The van der Waals surface area contributed by atoms with Crippen LogP contribution in [0.1, 0.15) is 0 Å². The number of pyridine rings is 1. The molecule has 4 heteroatoms. The molecule has 3 aromatic rings. The van der Waals surface area contributed by atoms with Crippen LogP contribution in [-0.2, 0) is 0 Å². The average Bonchev–Trinajstić information content (AvgIpc) is 2.69. The molecule has 78 valence electrons. The van der Waals surface area contributed by atoms with Crippen molar-refractivity contribution in [2.45, 2.75) is 0 Å². The number of nitrogens with zero attached hydrogens (tertiary/aromatic N) is 2. The minimum atomic E-state index is -0.0327. The van der Waals surface area contributed by atoms with E-state index in [-0.39, 0.29) is 20.3 Å². The molecule has 2 aromatic heterocycles. The molecular weight excluding hydrogens is 267 g/mol. The molecule has 0 fully saturated rings. The number of hydrogen-bond donors (Lipinski definition) is 0. The second-order valence-electron chi connectivity index (χ2n) is 3.38. The fraction of sp³-hybridized carbons (Fsp3) is 0. The van der Waals surface area contributed by atoms with E-state index < -0.39 is 0 Å². The molecule has 0 aliphatic carbocycles. The van der Waals surface area contributed by atoms with Crippen LogP contribution in [0.4, 0.5) is 0 Å². The van der Waals surface area contributed by atoms with Gasteiger partial charge in [-0.1, -0.05) is 0 Å². The molecule has 0 aliphatic rings. The fourth-order valence-electron chi connectivity index (χ4n) is 1.60. The molecule has 3 nitrogen and oxygen atoms in total. The van der Waals surface area contributed by atoms with Gasteiger partial charge in [0.05, 0.1) is 0 Å². The van der Waals surface area contributed by atoms with Crippen LogP contribution in [0.15, 0.2) is 53.5 Å². The molecule has 0 bridgehead atoms. The van der Waals surface area contributed by atoms with Crippen molar-refractivity contribution in [3.05, 3.63) is 59.0 Å². The number of aromatic nitrogens is 2. The Morgan fingerprint density at radius 2 is 1.88 bits per heavy atom. The van der Waals surface area contributed by atoms with Gasteiger partial charge in [-0.3, -0.25) is 0 Å². The minimum absolute atomic E-state index is 0.0327. The quantitative estimate of drug-likeness (QED) is 0.630. The van der Waals surface area contributed by atoms with Crippen molar-refractivity contribution in [2.75, 3.05) is 0 Å². The molecule has 0 saturated heterocycles. The van der Waals surface area contributed by atoms with Crippen molar-refractivity contribution in [3.8, 4) is 5.69 Å². The predicted octanol–water partition coefficient (Wildman–Crippen LogP) is 1.44. The fourth-order valence-corrected chi connectivity index (χ4v) is 3.58. The molecule has 0 spiro atoms. The van der Waals surface area contributed by atoms with Gasteiger partial charge < -0.3 is 0 Å². The molecular formula is C12H8N2OSe. The standard InChI is InChI=1S/C12H8N2OSe/c15-12-10-7-4-8-13-11(10)16-14(12)9-5-2-1-3-6-9/h1-8H. The Balaban J connectivity index is 2.34. The van der Waals surface area contributed by atoms with Gasteiger partial charge in [-0.15, -0.1) is 0 Å². The molecule has 0 saturated carbocycles. The maximum atomic E-state index is 12.1. The van der Waals surface area contributed by atoms with Crippen LogP contribution in [0, 0.1) is 0 Å². The van der Waals surface area contributed by atoms with E-state index in [1.807, 2.05) is 40.0 Å². The van der Waals surface area contributed by atoms with E-state index in [1.54, 1.807) is 12.3 Å². The first-order valence-corrected chi connectivity index (χ1v) is 6.51. The van der Waals surface area contributed by atoms with Crippen molar-refractivity contribution >= 4 is 24.5 Å². The van der Waals surface area contributed by atoms with E-state index in [4.69, 9.17) is 0 Å². The third kappa shape index (κ3) is 1.43. The summed E-state index contributed by atoms with van der Waals surface area (Å²) in [5.41, 5.74) is 1.01. The molecule has 0 N–H and O–H groups in total. The molecule has 0 amide bonds.